The quantitative estimate of drug-likeness (QED) is 0.426. The number of nitrogens with one attached hydrogen (secondary N) is 1. The largest absolute Gasteiger partial charge is 0.480 e. The Bertz CT molecular complexity index is 741. The van der Waals surface area contributed by atoms with Gasteiger partial charge in [0.15, 0.2) is 12.4 Å². The van der Waals surface area contributed by atoms with Gasteiger partial charge in [-0.2, -0.15) is 13.2 Å². The number of ether oxygens (including phenoxy) is 2. The molecule has 0 bridgehead atoms. The van der Waals surface area contributed by atoms with Gasteiger partial charge in [0.25, 0.3) is 0 Å². The smallest absolute Gasteiger partial charge is 0.416 e. The molecule has 5 nitrogen and oxygen atoms in total. The van der Waals surface area contributed by atoms with Crippen LogP contribution in [-0.2, 0) is 10.9 Å². The molecule has 0 heterocycles. The normalized spacial score (nSPS) is 15.1. The molecule has 2 aromatic carbocycles. The van der Waals surface area contributed by atoms with Crippen molar-refractivity contribution in [1.29, 1.82) is 0 Å². The molecule has 9 heteroatoms. The average molecular weight is 420 g/mol. The summed E-state index contributed by atoms with van der Waals surface area (Å²) in [7, 11) is 0. The molecule has 0 aliphatic heterocycles. The molecule has 0 aliphatic carbocycles. The molecule has 3 atom stereocenters. The predicted molar refractivity (Wildman–Crippen MR) is 97.9 cm³/mol. The van der Waals surface area contributed by atoms with E-state index in [1.807, 2.05) is 0 Å². The van der Waals surface area contributed by atoms with E-state index in [0.29, 0.717) is 10.6 Å². The van der Waals surface area contributed by atoms with Gasteiger partial charge in [-0.3, -0.25) is 5.32 Å². The molecule has 154 valence electrons. The summed E-state index contributed by atoms with van der Waals surface area (Å²) >= 11 is 5.87. The number of benzene rings is 2. The standard InChI is InChI=1S/C19H21ClF3NO4/c1-12(25)24-9-10-27-18(26)17(13-5-7-15(20)8-6-13)28-16-4-2-3-14(11-16)19(21,22)23/h2-8,11-12,17-18,24-26H,9-10H2,1H3. The van der Waals surface area contributed by atoms with E-state index in [4.69, 9.17) is 26.2 Å². The molecule has 0 saturated carbocycles. The van der Waals surface area contributed by atoms with Crippen LogP contribution in [0.15, 0.2) is 48.5 Å². The molecule has 0 amide bonds. The van der Waals surface area contributed by atoms with Gasteiger partial charge >= 0.3 is 6.18 Å². The van der Waals surface area contributed by atoms with E-state index in [2.05, 4.69) is 5.32 Å². The third kappa shape index (κ3) is 6.96. The lowest BCUT2D eigenvalue weighted by atomic mass is 10.1. The summed E-state index contributed by atoms with van der Waals surface area (Å²) in [4.78, 5) is 0. The lowest BCUT2D eigenvalue weighted by Crippen LogP contribution is -2.33. The molecular weight excluding hydrogens is 399 g/mol. The number of aliphatic hydroxyl groups excluding tert-OH is 2. The highest BCUT2D eigenvalue weighted by Crippen LogP contribution is 2.33. The van der Waals surface area contributed by atoms with E-state index in [-0.39, 0.29) is 18.9 Å². The fourth-order valence-corrected chi connectivity index (χ4v) is 2.50. The Morgan fingerprint density at radius 3 is 2.39 bits per heavy atom. The first kappa shape index (κ1) is 22.4. The van der Waals surface area contributed by atoms with Crippen LogP contribution in [0.1, 0.15) is 24.2 Å². The van der Waals surface area contributed by atoms with E-state index in [0.717, 1.165) is 12.1 Å². The topological polar surface area (TPSA) is 71.0 Å². The van der Waals surface area contributed by atoms with Gasteiger partial charge in [-0.25, -0.2) is 0 Å². The van der Waals surface area contributed by atoms with E-state index in [1.54, 1.807) is 24.3 Å². The van der Waals surface area contributed by atoms with Gasteiger partial charge in [-0.05, 0) is 42.8 Å². The lowest BCUT2D eigenvalue weighted by Gasteiger charge is -2.25. The Morgan fingerprint density at radius 2 is 1.79 bits per heavy atom. The van der Waals surface area contributed by atoms with Crippen molar-refractivity contribution < 1.29 is 32.9 Å². The molecule has 0 aliphatic rings. The van der Waals surface area contributed by atoms with Crippen molar-refractivity contribution in [2.24, 2.45) is 0 Å². The van der Waals surface area contributed by atoms with Crippen LogP contribution < -0.4 is 10.1 Å². The van der Waals surface area contributed by atoms with Crippen LogP contribution in [0.5, 0.6) is 5.75 Å². The zero-order valence-corrected chi connectivity index (χ0v) is 15.7. The molecule has 0 saturated heterocycles. The number of rotatable bonds is 9. The molecule has 3 N–H and O–H groups in total. The fraction of sp³-hybridized carbons (Fsp3) is 0.368. The molecule has 3 unspecified atom stereocenters. The predicted octanol–water partition coefficient (Wildman–Crippen LogP) is 3.74. The van der Waals surface area contributed by atoms with Gasteiger partial charge in [-0.15, -0.1) is 0 Å². The number of alkyl halides is 3. The highest BCUT2D eigenvalue weighted by atomic mass is 35.5. The Morgan fingerprint density at radius 1 is 1.11 bits per heavy atom. The Labute approximate surface area is 165 Å². The van der Waals surface area contributed by atoms with E-state index < -0.39 is 30.4 Å². The number of hydrogen-bond acceptors (Lipinski definition) is 5. The minimum atomic E-state index is -4.52. The van der Waals surface area contributed by atoms with Gasteiger partial charge in [-0.1, -0.05) is 29.8 Å². The summed E-state index contributed by atoms with van der Waals surface area (Å²) in [6.07, 6.45) is -7.82. The maximum absolute atomic E-state index is 12.9. The average Bonchev–Trinajstić information content (AvgIpc) is 2.63. The van der Waals surface area contributed by atoms with Crippen molar-refractivity contribution in [1.82, 2.24) is 5.32 Å². The van der Waals surface area contributed by atoms with E-state index in [9.17, 15) is 18.3 Å². The molecule has 0 radical (unpaired) electrons. The van der Waals surface area contributed by atoms with Crippen molar-refractivity contribution in [3.05, 3.63) is 64.7 Å². The molecule has 0 spiro atoms. The summed E-state index contributed by atoms with van der Waals surface area (Å²) in [5.74, 6) is -0.0699. The first-order chi connectivity index (χ1) is 13.2. The summed E-state index contributed by atoms with van der Waals surface area (Å²) in [6, 6.07) is 10.7. The van der Waals surface area contributed by atoms with Crippen molar-refractivity contribution in [2.75, 3.05) is 13.2 Å². The Balaban J connectivity index is 2.18. The Hall–Kier alpha value is -1.84. The first-order valence-electron chi connectivity index (χ1n) is 8.47. The van der Waals surface area contributed by atoms with Crippen LogP contribution >= 0.6 is 11.6 Å². The van der Waals surface area contributed by atoms with Crippen molar-refractivity contribution >= 4 is 11.6 Å². The highest BCUT2D eigenvalue weighted by Gasteiger charge is 2.31. The molecule has 2 aromatic rings. The number of aliphatic hydroxyl groups is 2. The van der Waals surface area contributed by atoms with Crippen molar-refractivity contribution in [3.63, 3.8) is 0 Å². The van der Waals surface area contributed by atoms with Crippen LogP contribution in [0, 0.1) is 0 Å². The monoisotopic (exact) mass is 419 g/mol. The minimum absolute atomic E-state index is 0.0438. The van der Waals surface area contributed by atoms with Crippen LogP contribution in [0.2, 0.25) is 5.02 Å². The van der Waals surface area contributed by atoms with Gasteiger partial charge in [0.1, 0.15) is 12.0 Å². The van der Waals surface area contributed by atoms with Crippen LogP contribution in [-0.4, -0.2) is 35.9 Å². The number of halogens is 4. The van der Waals surface area contributed by atoms with Gasteiger partial charge in [0, 0.05) is 11.6 Å². The first-order valence-corrected chi connectivity index (χ1v) is 8.85. The second-order valence-corrected chi connectivity index (χ2v) is 6.44. The van der Waals surface area contributed by atoms with Crippen LogP contribution in [0.25, 0.3) is 0 Å². The maximum atomic E-state index is 12.9. The summed E-state index contributed by atoms with van der Waals surface area (Å²) in [6.45, 7) is 1.83. The maximum Gasteiger partial charge on any atom is 0.416 e. The molecule has 0 fully saturated rings. The zero-order valence-electron chi connectivity index (χ0n) is 15.0. The third-order valence-electron chi connectivity index (χ3n) is 3.71. The van der Waals surface area contributed by atoms with Crippen LogP contribution in [0.4, 0.5) is 13.2 Å². The zero-order chi connectivity index (χ0) is 20.7. The van der Waals surface area contributed by atoms with Crippen molar-refractivity contribution in [2.45, 2.75) is 31.7 Å². The van der Waals surface area contributed by atoms with Gasteiger partial charge < -0.3 is 19.7 Å². The summed E-state index contributed by atoms with van der Waals surface area (Å²) in [5.41, 5.74) is -0.394. The van der Waals surface area contributed by atoms with E-state index in [1.165, 1.54) is 19.1 Å². The molecule has 28 heavy (non-hydrogen) atoms. The molecular formula is C19H21ClF3NO4. The third-order valence-corrected chi connectivity index (χ3v) is 3.96. The SMILES string of the molecule is CC(O)NCCOC(O)C(Oc1cccc(C(F)(F)F)c1)c1ccc(Cl)cc1. The molecule has 0 aromatic heterocycles. The summed E-state index contributed by atoms with van der Waals surface area (Å²) in [5, 5.41) is 22.7. The highest BCUT2D eigenvalue weighted by molar-refractivity contribution is 6.30. The lowest BCUT2D eigenvalue weighted by molar-refractivity contribution is -0.155. The van der Waals surface area contributed by atoms with E-state index >= 15 is 0 Å². The minimum Gasteiger partial charge on any atom is -0.480 e. The second kappa shape index (κ2) is 10.1. The van der Waals surface area contributed by atoms with Crippen LogP contribution in [0.3, 0.4) is 0 Å². The Kier molecular flexibility index (Phi) is 8.09. The molecule has 2 rings (SSSR count). The number of hydrogen-bond donors (Lipinski definition) is 3. The van der Waals surface area contributed by atoms with Crippen molar-refractivity contribution in [3.8, 4) is 5.75 Å². The van der Waals surface area contributed by atoms with Gasteiger partial charge in [0.2, 0.25) is 0 Å². The fourth-order valence-electron chi connectivity index (χ4n) is 2.37. The van der Waals surface area contributed by atoms with Gasteiger partial charge in [0.05, 0.1) is 12.2 Å². The second-order valence-electron chi connectivity index (χ2n) is 6.01. The summed E-state index contributed by atoms with van der Waals surface area (Å²) < 4.78 is 49.7.